The number of dihydropyridines is 1. The summed E-state index contributed by atoms with van der Waals surface area (Å²) in [6, 6.07) is 19.9. The lowest BCUT2D eigenvalue weighted by Gasteiger charge is -2.31. The maximum Gasteiger partial charge on any atom is 0.269 e. The third-order valence-electron chi connectivity index (χ3n) is 6.51. The Kier molecular flexibility index (Phi) is 9.03. The number of benzene rings is 3. The number of ether oxygens (including phenoxy) is 2. The van der Waals surface area contributed by atoms with Gasteiger partial charge in [0.05, 0.1) is 18.1 Å². The average Bonchev–Trinajstić information content (AvgIpc) is 2.95. The highest BCUT2D eigenvalue weighted by Gasteiger charge is 2.37. The monoisotopic (exact) mass is 556 g/mol. The Labute approximate surface area is 238 Å². The van der Waals surface area contributed by atoms with E-state index in [1.165, 1.54) is 12.1 Å². The minimum atomic E-state index is -0.887. The van der Waals surface area contributed by atoms with Crippen molar-refractivity contribution in [3.8, 4) is 11.5 Å². The molecule has 41 heavy (non-hydrogen) atoms. The molecule has 1 aliphatic heterocycles. The van der Waals surface area contributed by atoms with Gasteiger partial charge in [-0.15, -0.1) is 0 Å². The fraction of sp³-hybridized carbons (Fsp3) is 0.226. The van der Waals surface area contributed by atoms with Crippen LogP contribution in [0.1, 0.15) is 39.2 Å². The number of nitrogens with one attached hydrogen (secondary N) is 3. The molecular weight excluding hydrogens is 524 g/mol. The van der Waals surface area contributed by atoms with Gasteiger partial charge in [-0.3, -0.25) is 19.7 Å². The van der Waals surface area contributed by atoms with E-state index in [1.54, 1.807) is 74.5 Å². The van der Waals surface area contributed by atoms with Crippen LogP contribution < -0.4 is 25.4 Å². The van der Waals surface area contributed by atoms with Gasteiger partial charge in [0.1, 0.15) is 11.5 Å². The second-order valence-corrected chi connectivity index (χ2v) is 9.31. The van der Waals surface area contributed by atoms with Gasteiger partial charge in [0.15, 0.2) is 0 Å². The highest BCUT2D eigenvalue weighted by molar-refractivity contribution is 6.12. The highest BCUT2D eigenvalue weighted by atomic mass is 16.6. The first-order valence-electron chi connectivity index (χ1n) is 13.2. The van der Waals surface area contributed by atoms with Crippen molar-refractivity contribution in [1.29, 1.82) is 0 Å². The number of nitro groups is 1. The maximum absolute atomic E-state index is 13.8. The SMILES string of the molecule is CCOc1ccc(NC(=O)C2=C(C)NC(C)=C(C(=O)Nc3ccc(OCC)cc3)C2c2cccc([N+](=O)[O-])c2)cc1. The normalized spacial score (nSPS) is 13.4. The van der Waals surface area contributed by atoms with Crippen LogP contribution >= 0.6 is 0 Å². The molecule has 10 heteroatoms. The van der Waals surface area contributed by atoms with E-state index in [1.807, 2.05) is 13.8 Å². The Balaban J connectivity index is 1.72. The summed E-state index contributed by atoms with van der Waals surface area (Å²) in [6.45, 7) is 8.27. The van der Waals surface area contributed by atoms with Crippen LogP contribution in [0.4, 0.5) is 17.1 Å². The molecule has 0 unspecified atom stereocenters. The summed E-state index contributed by atoms with van der Waals surface area (Å²) in [7, 11) is 0. The van der Waals surface area contributed by atoms with Crippen molar-refractivity contribution in [2.24, 2.45) is 0 Å². The second kappa shape index (κ2) is 12.8. The van der Waals surface area contributed by atoms with Crippen molar-refractivity contribution in [2.75, 3.05) is 23.8 Å². The van der Waals surface area contributed by atoms with Crippen LogP contribution in [0, 0.1) is 10.1 Å². The fourth-order valence-electron chi connectivity index (χ4n) is 4.75. The van der Waals surface area contributed by atoms with Crippen molar-refractivity contribution >= 4 is 28.9 Å². The number of hydrogen-bond acceptors (Lipinski definition) is 7. The van der Waals surface area contributed by atoms with Gasteiger partial charge in [-0.1, -0.05) is 12.1 Å². The Bertz CT molecular complexity index is 1420. The Morgan fingerprint density at radius 2 is 1.27 bits per heavy atom. The number of rotatable bonds is 10. The lowest BCUT2D eigenvalue weighted by molar-refractivity contribution is -0.384. The molecular formula is C31H32N4O6. The molecule has 0 bridgehead atoms. The average molecular weight is 557 g/mol. The lowest BCUT2D eigenvalue weighted by Crippen LogP contribution is -2.35. The molecule has 3 aromatic rings. The van der Waals surface area contributed by atoms with Crippen molar-refractivity contribution in [1.82, 2.24) is 5.32 Å². The van der Waals surface area contributed by atoms with Gasteiger partial charge in [-0.05, 0) is 81.8 Å². The van der Waals surface area contributed by atoms with Crippen LogP contribution in [0.3, 0.4) is 0 Å². The molecule has 0 spiro atoms. The van der Waals surface area contributed by atoms with E-state index in [-0.39, 0.29) is 16.8 Å². The zero-order chi connectivity index (χ0) is 29.5. The van der Waals surface area contributed by atoms with Gasteiger partial charge in [-0.2, -0.15) is 0 Å². The van der Waals surface area contributed by atoms with Crippen molar-refractivity contribution < 1.29 is 24.0 Å². The van der Waals surface area contributed by atoms with Crippen molar-refractivity contribution in [3.05, 3.63) is 111 Å². The highest BCUT2D eigenvalue weighted by Crippen LogP contribution is 2.40. The lowest BCUT2D eigenvalue weighted by atomic mass is 9.79. The molecule has 2 amide bonds. The minimum Gasteiger partial charge on any atom is -0.494 e. The molecule has 1 heterocycles. The number of nitro benzene ring substituents is 1. The summed E-state index contributed by atoms with van der Waals surface area (Å²) in [5, 5.41) is 20.6. The smallest absolute Gasteiger partial charge is 0.269 e. The summed E-state index contributed by atoms with van der Waals surface area (Å²) >= 11 is 0. The van der Waals surface area contributed by atoms with E-state index in [0.717, 1.165) is 0 Å². The van der Waals surface area contributed by atoms with E-state index >= 15 is 0 Å². The number of anilines is 2. The van der Waals surface area contributed by atoms with Crippen LogP contribution in [-0.4, -0.2) is 30.0 Å². The molecule has 3 N–H and O–H groups in total. The minimum absolute atomic E-state index is 0.145. The molecule has 10 nitrogen and oxygen atoms in total. The molecule has 0 aliphatic carbocycles. The van der Waals surface area contributed by atoms with Gasteiger partial charge in [0.25, 0.3) is 17.5 Å². The molecule has 0 atom stereocenters. The second-order valence-electron chi connectivity index (χ2n) is 9.31. The molecule has 3 aromatic carbocycles. The topological polar surface area (TPSA) is 132 Å². The molecule has 0 radical (unpaired) electrons. The summed E-state index contributed by atoms with van der Waals surface area (Å²) in [5.74, 6) is -0.450. The number of allylic oxidation sites excluding steroid dienone is 2. The predicted octanol–water partition coefficient (Wildman–Crippen LogP) is 5.90. The Morgan fingerprint density at radius 1 is 0.805 bits per heavy atom. The van der Waals surface area contributed by atoms with Crippen molar-refractivity contribution in [3.63, 3.8) is 0 Å². The summed E-state index contributed by atoms with van der Waals surface area (Å²) in [5.41, 5.74) is 2.94. The molecule has 4 rings (SSSR count). The van der Waals surface area contributed by atoms with E-state index in [0.29, 0.717) is 53.0 Å². The summed E-state index contributed by atoms with van der Waals surface area (Å²) in [6.07, 6.45) is 0. The van der Waals surface area contributed by atoms with Crippen LogP contribution in [0.5, 0.6) is 11.5 Å². The number of hydrogen-bond donors (Lipinski definition) is 3. The molecule has 212 valence electrons. The maximum atomic E-state index is 13.8. The quantitative estimate of drug-likeness (QED) is 0.209. The third kappa shape index (κ3) is 6.73. The van der Waals surface area contributed by atoms with E-state index in [9.17, 15) is 19.7 Å². The molecule has 0 aromatic heterocycles. The van der Waals surface area contributed by atoms with Crippen molar-refractivity contribution in [2.45, 2.75) is 33.6 Å². The van der Waals surface area contributed by atoms with Gasteiger partial charge in [-0.25, -0.2) is 0 Å². The van der Waals surface area contributed by atoms with Gasteiger partial charge >= 0.3 is 0 Å². The zero-order valence-corrected chi connectivity index (χ0v) is 23.3. The first-order chi connectivity index (χ1) is 19.7. The molecule has 0 fully saturated rings. The third-order valence-corrected chi connectivity index (χ3v) is 6.51. The number of nitrogens with zero attached hydrogens (tertiary/aromatic N) is 1. The predicted molar refractivity (Wildman–Crippen MR) is 157 cm³/mol. The van der Waals surface area contributed by atoms with Crippen LogP contribution in [0.2, 0.25) is 0 Å². The van der Waals surface area contributed by atoms with Gasteiger partial charge in [0, 0.05) is 52.0 Å². The number of amides is 2. The number of non-ortho nitro benzene ring substituents is 1. The van der Waals surface area contributed by atoms with E-state index in [4.69, 9.17) is 9.47 Å². The Morgan fingerprint density at radius 3 is 1.68 bits per heavy atom. The fourth-order valence-corrected chi connectivity index (χ4v) is 4.75. The van der Waals surface area contributed by atoms with Gasteiger partial charge in [0.2, 0.25) is 0 Å². The molecule has 0 saturated heterocycles. The first kappa shape index (κ1) is 28.9. The summed E-state index contributed by atoms with van der Waals surface area (Å²) in [4.78, 5) is 38.7. The molecule has 0 saturated carbocycles. The number of carbonyl (C=O) groups excluding carboxylic acids is 2. The van der Waals surface area contributed by atoms with Crippen LogP contribution in [0.15, 0.2) is 95.3 Å². The van der Waals surface area contributed by atoms with E-state index in [2.05, 4.69) is 16.0 Å². The molecule has 1 aliphatic rings. The zero-order valence-electron chi connectivity index (χ0n) is 23.3. The Hall–Kier alpha value is -5.12. The van der Waals surface area contributed by atoms with Gasteiger partial charge < -0.3 is 25.4 Å². The van der Waals surface area contributed by atoms with Crippen LogP contribution in [0.25, 0.3) is 0 Å². The largest absolute Gasteiger partial charge is 0.494 e. The van der Waals surface area contributed by atoms with Crippen LogP contribution in [-0.2, 0) is 9.59 Å². The number of carbonyl (C=O) groups is 2. The first-order valence-corrected chi connectivity index (χ1v) is 13.2. The summed E-state index contributed by atoms with van der Waals surface area (Å²) < 4.78 is 11.0. The van der Waals surface area contributed by atoms with E-state index < -0.39 is 22.7 Å². The standard InChI is InChI=1S/C31H32N4O6/c1-5-40-25-14-10-22(11-15-25)33-30(36)27-19(3)32-20(4)28(29(27)21-8-7-9-24(18-21)35(38)39)31(37)34-23-12-16-26(17-13-23)41-6-2/h7-18,29,32H,5-6H2,1-4H3,(H,33,36)(H,34,37).